The highest BCUT2D eigenvalue weighted by Crippen LogP contribution is 2.26. The van der Waals surface area contributed by atoms with E-state index in [1.807, 2.05) is 41.2 Å². The van der Waals surface area contributed by atoms with Gasteiger partial charge in [0.1, 0.15) is 0 Å². The normalized spacial score (nSPS) is 19.3. The van der Waals surface area contributed by atoms with Gasteiger partial charge in [0, 0.05) is 68.1 Å². The van der Waals surface area contributed by atoms with Crippen LogP contribution in [0.3, 0.4) is 0 Å². The van der Waals surface area contributed by atoms with E-state index in [0.717, 1.165) is 51.4 Å². The van der Waals surface area contributed by atoms with Gasteiger partial charge in [-0.2, -0.15) is 0 Å². The summed E-state index contributed by atoms with van der Waals surface area (Å²) < 4.78 is 1.96. The number of aromatic nitrogens is 1. The predicted octanol–water partition coefficient (Wildman–Crippen LogP) is 1.32. The summed E-state index contributed by atoms with van der Waals surface area (Å²) in [6.07, 6.45) is 6.62. The van der Waals surface area contributed by atoms with Crippen molar-refractivity contribution in [2.75, 3.05) is 46.3 Å². The Kier molecular flexibility index (Phi) is 5.78. The van der Waals surface area contributed by atoms with Crippen molar-refractivity contribution in [2.45, 2.75) is 6.42 Å². The number of rotatable bonds is 6. The monoisotopic (exact) mass is 393 g/mol. The first-order valence-corrected chi connectivity index (χ1v) is 10.1. The minimum Gasteiger partial charge on any atom is -0.390 e. The van der Waals surface area contributed by atoms with Crippen LogP contribution in [0.4, 0.5) is 0 Å². The summed E-state index contributed by atoms with van der Waals surface area (Å²) in [5.41, 5.74) is 2.59. The molecule has 152 valence electrons. The number of carbonyl (C=O) groups excluding carboxylic acids is 2. The van der Waals surface area contributed by atoms with Crippen molar-refractivity contribution in [3.8, 4) is 5.69 Å². The molecule has 4 rings (SSSR count). The Morgan fingerprint density at radius 3 is 2.55 bits per heavy atom. The maximum atomic E-state index is 12.4. The van der Waals surface area contributed by atoms with E-state index in [4.69, 9.17) is 0 Å². The van der Waals surface area contributed by atoms with Gasteiger partial charge in [0.2, 0.25) is 0 Å². The van der Waals surface area contributed by atoms with Crippen molar-refractivity contribution in [3.05, 3.63) is 60.1 Å². The second kappa shape index (κ2) is 8.63. The smallest absolute Gasteiger partial charge is 0.260 e. The molecule has 29 heavy (non-hydrogen) atoms. The first kappa shape index (κ1) is 19.4. The summed E-state index contributed by atoms with van der Waals surface area (Å²) in [6.45, 7) is 6.28. The number of amides is 2. The lowest BCUT2D eigenvalue weighted by Crippen LogP contribution is -2.45. The molecular formula is C22H27N5O2. The van der Waals surface area contributed by atoms with Gasteiger partial charge in [-0.15, -0.1) is 0 Å². The van der Waals surface area contributed by atoms with E-state index < -0.39 is 0 Å². The molecule has 0 saturated carbocycles. The maximum absolute atomic E-state index is 12.4. The predicted molar refractivity (Wildman–Crippen MR) is 113 cm³/mol. The summed E-state index contributed by atoms with van der Waals surface area (Å²) in [5, 5.41) is 5.70. The van der Waals surface area contributed by atoms with E-state index in [1.54, 1.807) is 12.3 Å². The lowest BCUT2D eigenvalue weighted by atomic mass is 9.95. The Balaban J connectivity index is 1.43. The molecule has 0 unspecified atom stereocenters. The molecule has 2 N–H and O–H groups in total. The van der Waals surface area contributed by atoms with Gasteiger partial charge in [-0.05, 0) is 50.3 Å². The van der Waals surface area contributed by atoms with Crippen LogP contribution in [0, 0.1) is 0 Å². The molecule has 2 aliphatic rings. The van der Waals surface area contributed by atoms with Gasteiger partial charge in [-0.25, -0.2) is 0 Å². The number of piperazine rings is 1. The highest BCUT2D eigenvalue weighted by molar-refractivity contribution is 6.31. The lowest BCUT2D eigenvalue weighted by molar-refractivity contribution is -0.114. The van der Waals surface area contributed by atoms with Crippen LogP contribution in [0.15, 0.2) is 48.9 Å². The van der Waals surface area contributed by atoms with E-state index in [0.29, 0.717) is 16.7 Å². The van der Waals surface area contributed by atoms with Gasteiger partial charge in [-0.1, -0.05) is 0 Å². The molecule has 0 atom stereocenters. The fraction of sp³-hybridized carbons (Fsp3) is 0.364. The Morgan fingerprint density at radius 1 is 1.03 bits per heavy atom. The molecule has 2 aromatic rings. The Bertz CT molecular complexity index is 911. The van der Waals surface area contributed by atoms with Gasteiger partial charge in [0.05, 0.1) is 5.57 Å². The van der Waals surface area contributed by atoms with Gasteiger partial charge >= 0.3 is 0 Å². The molecular weight excluding hydrogens is 366 g/mol. The summed E-state index contributed by atoms with van der Waals surface area (Å²) in [5.74, 6) is -0.713. The van der Waals surface area contributed by atoms with Gasteiger partial charge in [0.15, 0.2) is 0 Å². The van der Waals surface area contributed by atoms with Crippen molar-refractivity contribution < 1.29 is 9.59 Å². The van der Waals surface area contributed by atoms with Gasteiger partial charge < -0.3 is 19.7 Å². The zero-order chi connectivity index (χ0) is 20.2. The van der Waals surface area contributed by atoms with Crippen LogP contribution >= 0.6 is 0 Å². The second-order valence-electron chi connectivity index (χ2n) is 7.61. The number of likely N-dealkylation sites (N-methyl/N-ethyl adjacent to an activating group) is 1. The third-order valence-electron chi connectivity index (χ3n) is 5.55. The molecule has 2 aliphatic heterocycles. The third kappa shape index (κ3) is 4.41. The van der Waals surface area contributed by atoms with Crippen LogP contribution in [0.1, 0.15) is 22.3 Å². The molecule has 3 heterocycles. The second-order valence-corrected chi connectivity index (χ2v) is 7.61. The van der Waals surface area contributed by atoms with E-state index in [2.05, 4.69) is 27.5 Å². The molecule has 7 heteroatoms. The largest absolute Gasteiger partial charge is 0.390 e. The van der Waals surface area contributed by atoms with Crippen LogP contribution in [-0.2, 0) is 4.79 Å². The van der Waals surface area contributed by atoms with Crippen molar-refractivity contribution in [1.29, 1.82) is 0 Å². The summed E-state index contributed by atoms with van der Waals surface area (Å²) >= 11 is 0. The van der Waals surface area contributed by atoms with Crippen molar-refractivity contribution >= 4 is 17.4 Å². The Labute approximate surface area is 171 Å². The standard InChI is InChI=1S/C22H27N5O2/c1-25-11-13-26(14-12-25)8-4-7-23-16-20-19-15-17(27-9-2-3-10-27)5-6-18(19)21(28)24-22(20)29/h2-3,5-6,9-10,15-16,23H,4,7-8,11-14H2,1H3,(H,24,28,29)/b20-16-. The number of hydrogen-bond acceptors (Lipinski definition) is 5. The number of benzene rings is 1. The minimum atomic E-state index is -0.362. The van der Waals surface area contributed by atoms with Crippen LogP contribution in [0.25, 0.3) is 11.3 Å². The average molecular weight is 393 g/mol. The van der Waals surface area contributed by atoms with Crippen molar-refractivity contribution in [1.82, 2.24) is 25.0 Å². The number of nitrogens with one attached hydrogen (secondary N) is 2. The maximum Gasteiger partial charge on any atom is 0.260 e. The first-order valence-electron chi connectivity index (χ1n) is 10.1. The molecule has 0 radical (unpaired) electrons. The van der Waals surface area contributed by atoms with E-state index in [9.17, 15) is 9.59 Å². The molecule has 1 aromatic carbocycles. The molecule has 1 aromatic heterocycles. The molecule has 1 fully saturated rings. The third-order valence-corrected chi connectivity index (χ3v) is 5.55. The lowest BCUT2D eigenvalue weighted by Gasteiger charge is -2.32. The molecule has 0 spiro atoms. The average Bonchev–Trinajstić information content (AvgIpc) is 3.26. The number of carbonyl (C=O) groups is 2. The van der Waals surface area contributed by atoms with Crippen LogP contribution in [-0.4, -0.2) is 72.5 Å². The molecule has 7 nitrogen and oxygen atoms in total. The fourth-order valence-corrected chi connectivity index (χ4v) is 3.77. The summed E-state index contributed by atoms with van der Waals surface area (Å²) in [6, 6.07) is 9.43. The summed E-state index contributed by atoms with van der Waals surface area (Å²) in [4.78, 5) is 29.5. The Hall–Kier alpha value is -2.90. The highest BCUT2D eigenvalue weighted by atomic mass is 16.2. The van der Waals surface area contributed by atoms with Crippen molar-refractivity contribution in [3.63, 3.8) is 0 Å². The molecule has 2 amide bonds. The van der Waals surface area contributed by atoms with Crippen LogP contribution in [0.5, 0.6) is 0 Å². The molecule has 0 aliphatic carbocycles. The zero-order valence-corrected chi connectivity index (χ0v) is 16.7. The SMILES string of the molecule is CN1CCN(CCCN/C=C2\C(=O)NC(=O)c3ccc(-n4cccc4)cc32)CC1. The first-order chi connectivity index (χ1) is 14.1. The van der Waals surface area contributed by atoms with E-state index in [-0.39, 0.29) is 11.8 Å². The minimum absolute atomic E-state index is 0.351. The Morgan fingerprint density at radius 2 is 1.79 bits per heavy atom. The topological polar surface area (TPSA) is 69.6 Å². The van der Waals surface area contributed by atoms with Crippen LogP contribution in [0.2, 0.25) is 0 Å². The number of imide groups is 1. The number of fused-ring (bicyclic) bond motifs is 1. The van der Waals surface area contributed by atoms with E-state index >= 15 is 0 Å². The van der Waals surface area contributed by atoms with Gasteiger partial charge in [-0.3, -0.25) is 14.9 Å². The quantitative estimate of drug-likeness (QED) is 0.440. The van der Waals surface area contributed by atoms with Crippen molar-refractivity contribution in [2.24, 2.45) is 0 Å². The molecule has 0 bridgehead atoms. The number of hydrogen-bond donors (Lipinski definition) is 2. The zero-order valence-electron chi connectivity index (χ0n) is 16.7. The number of nitrogens with zero attached hydrogens (tertiary/aromatic N) is 3. The fourth-order valence-electron chi connectivity index (χ4n) is 3.77. The molecule has 1 saturated heterocycles. The van der Waals surface area contributed by atoms with Crippen LogP contribution < -0.4 is 10.6 Å². The van der Waals surface area contributed by atoms with E-state index in [1.165, 1.54) is 0 Å². The summed E-state index contributed by atoms with van der Waals surface area (Å²) in [7, 11) is 2.16. The highest BCUT2D eigenvalue weighted by Gasteiger charge is 2.27. The van der Waals surface area contributed by atoms with Gasteiger partial charge in [0.25, 0.3) is 11.8 Å².